The van der Waals surface area contributed by atoms with Crippen LogP contribution in [-0.2, 0) is 32.6 Å². The number of carbonyl (C=O) groups is 2. The summed E-state index contributed by atoms with van der Waals surface area (Å²) in [5.41, 5.74) is 1.93. The van der Waals surface area contributed by atoms with E-state index in [0.29, 0.717) is 23.4 Å². The van der Waals surface area contributed by atoms with Crippen LogP contribution in [0.2, 0.25) is 5.02 Å². The van der Waals surface area contributed by atoms with Crippen LogP contribution in [0.25, 0.3) is 0 Å². The van der Waals surface area contributed by atoms with E-state index in [9.17, 15) is 22.4 Å². The standard InChI is InChI=1S/C34H41ClFN3O5S/c1-44-32-20-19-29(23-30(32)35)39(45(2,42)43)21-9-14-33(40)38(24-26-15-17-27(36)18-16-26)31(22-25-10-5-3-6-11-25)34(41)37-28-12-7-4-8-13-28/h3,5-6,10-11,15-20,23,28,31H,4,7-9,12-14,21-22,24H2,1-2H3,(H,37,41)/t31-/m1/s1. The molecule has 0 bridgehead atoms. The number of ether oxygens (including phenoxy) is 1. The summed E-state index contributed by atoms with van der Waals surface area (Å²) < 4.78 is 45.6. The molecule has 45 heavy (non-hydrogen) atoms. The first-order valence-corrected chi connectivity index (χ1v) is 17.5. The highest BCUT2D eigenvalue weighted by Gasteiger charge is 2.32. The van der Waals surface area contributed by atoms with Gasteiger partial charge in [0.15, 0.2) is 0 Å². The van der Waals surface area contributed by atoms with Crippen LogP contribution < -0.4 is 14.4 Å². The number of benzene rings is 3. The van der Waals surface area contributed by atoms with Crippen LogP contribution in [0.4, 0.5) is 10.1 Å². The molecule has 1 fully saturated rings. The molecule has 3 aromatic rings. The smallest absolute Gasteiger partial charge is 0.243 e. The number of sulfonamides is 1. The quantitative estimate of drug-likeness (QED) is 0.225. The van der Waals surface area contributed by atoms with Crippen molar-refractivity contribution in [2.75, 3.05) is 24.2 Å². The summed E-state index contributed by atoms with van der Waals surface area (Å²) in [6, 6.07) is 19.3. The van der Waals surface area contributed by atoms with Crippen LogP contribution in [0.1, 0.15) is 56.1 Å². The van der Waals surface area contributed by atoms with Gasteiger partial charge >= 0.3 is 0 Å². The van der Waals surface area contributed by atoms with Crippen molar-refractivity contribution in [2.45, 2.75) is 70.0 Å². The number of amides is 2. The van der Waals surface area contributed by atoms with E-state index in [1.165, 1.54) is 29.6 Å². The molecule has 1 aliphatic carbocycles. The number of anilines is 1. The normalized spacial score (nSPS) is 14.4. The fourth-order valence-electron chi connectivity index (χ4n) is 5.70. The second-order valence-electron chi connectivity index (χ2n) is 11.5. The lowest BCUT2D eigenvalue weighted by Gasteiger charge is -2.34. The first-order valence-electron chi connectivity index (χ1n) is 15.2. The van der Waals surface area contributed by atoms with Crippen LogP contribution >= 0.6 is 11.6 Å². The molecule has 0 radical (unpaired) electrons. The monoisotopic (exact) mass is 657 g/mol. The molecule has 0 aliphatic heterocycles. The first-order chi connectivity index (χ1) is 21.5. The van der Waals surface area contributed by atoms with Gasteiger partial charge in [0.1, 0.15) is 17.6 Å². The van der Waals surface area contributed by atoms with E-state index in [1.807, 2.05) is 30.3 Å². The van der Waals surface area contributed by atoms with Crippen LogP contribution in [0.15, 0.2) is 72.8 Å². The van der Waals surface area contributed by atoms with E-state index in [1.54, 1.807) is 29.2 Å². The van der Waals surface area contributed by atoms with Gasteiger partial charge in [0.25, 0.3) is 0 Å². The maximum Gasteiger partial charge on any atom is 0.243 e. The Kier molecular flexibility index (Phi) is 12.2. The Labute approximate surface area is 270 Å². The van der Waals surface area contributed by atoms with Gasteiger partial charge in [0.05, 0.1) is 24.1 Å². The molecule has 0 unspecified atom stereocenters. The number of rotatable bonds is 14. The van der Waals surface area contributed by atoms with E-state index in [-0.39, 0.29) is 48.8 Å². The Hall–Kier alpha value is -3.63. The highest BCUT2D eigenvalue weighted by Crippen LogP contribution is 2.30. The first kappa shape index (κ1) is 34.2. The molecule has 4 rings (SSSR count). The van der Waals surface area contributed by atoms with Gasteiger partial charge in [0, 0.05) is 32.0 Å². The fraction of sp³-hybridized carbons (Fsp3) is 0.412. The van der Waals surface area contributed by atoms with Gasteiger partial charge in [-0.25, -0.2) is 12.8 Å². The summed E-state index contributed by atoms with van der Waals surface area (Å²) in [4.78, 5) is 29.5. The zero-order chi connectivity index (χ0) is 32.4. The molecule has 1 saturated carbocycles. The molecule has 242 valence electrons. The minimum atomic E-state index is -3.70. The van der Waals surface area contributed by atoms with E-state index < -0.39 is 21.9 Å². The van der Waals surface area contributed by atoms with Gasteiger partial charge in [-0.1, -0.05) is 73.3 Å². The number of nitrogens with one attached hydrogen (secondary N) is 1. The average Bonchev–Trinajstić information content (AvgIpc) is 3.02. The van der Waals surface area contributed by atoms with Gasteiger partial charge in [-0.3, -0.25) is 13.9 Å². The third-order valence-corrected chi connectivity index (χ3v) is 9.55. The molecular weight excluding hydrogens is 617 g/mol. The van der Waals surface area contributed by atoms with E-state index in [2.05, 4.69) is 5.32 Å². The van der Waals surface area contributed by atoms with Crippen molar-refractivity contribution in [3.05, 3.63) is 94.8 Å². The van der Waals surface area contributed by atoms with Crippen molar-refractivity contribution in [3.63, 3.8) is 0 Å². The minimum Gasteiger partial charge on any atom is -0.495 e. The molecule has 0 spiro atoms. The molecular formula is C34H41ClFN3O5S. The van der Waals surface area contributed by atoms with Gasteiger partial charge in [0.2, 0.25) is 21.8 Å². The maximum absolute atomic E-state index is 14.0. The van der Waals surface area contributed by atoms with Crippen molar-refractivity contribution in [3.8, 4) is 5.75 Å². The largest absolute Gasteiger partial charge is 0.495 e. The predicted molar refractivity (Wildman–Crippen MR) is 175 cm³/mol. The summed E-state index contributed by atoms with van der Waals surface area (Å²) in [6.45, 7) is 0.119. The van der Waals surface area contributed by atoms with Crippen molar-refractivity contribution < 1.29 is 27.1 Å². The molecule has 0 heterocycles. The van der Waals surface area contributed by atoms with E-state index in [0.717, 1.165) is 43.9 Å². The fourth-order valence-corrected chi connectivity index (χ4v) is 6.91. The number of carbonyl (C=O) groups excluding carboxylic acids is 2. The molecule has 11 heteroatoms. The molecule has 1 N–H and O–H groups in total. The number of hydrogen-bond acceptors (Lipinski definition) is 5. The molecule has 0 saturated heterocycles. The molecule has 2 amide bonds. The lowest BCUT2D eigenvalue weighted by Crippen LogP contribution is -2.52. The van der Waals surface area contributed by atoms with Crippen molar-refractivity contribution >= 4 is 39.1 Å². The number of halogens is 2. The SMILES string of the molecule is COc1ccc(N(CCCC(=O)N(Cc2ccc(F)cc2)[C@H](Cc2ccccc2)C(=O)NC2CCCCC2)S(C)(=O)=O)cc1Cl. The summed E-state index contributed by atoms with van der Waals surface area (Å²) >= 11 is 6.27. The maximum atomic E-state index is 14.0. The average molecular weight is 658 g/mol. The van der Waals surface area contributed by atoms with Gasteiger partial charge in [-0.15, -0.1) is 0 Å². The van der Waals surface area contributed by atoms with Crippen LogP contribution in [-0.4, -0.2) is 57.1 Å². The summed E-state index contributed by atoms with van der Waals surface area (Å²) in [6.07, 6.45) is 6.59. The Balaban J connectivity index is 1.58. The van der Waals surface area contributed by atoms with Gasteiger partial charge in [-0.05, 0) is 60.7 Å². The molecule has 1 aliphatic rings. The van der Waals surface area contributed by atoms with Crippen molar-refractivity contribution in [1.29, 1.82) is 0 Å². The zero-order valence-electron chi connectivity index (χ0n) is 25.8. The lowest BCUT2D eigenvalue weighted by atomic mass is 9.94. The third kappa shape index (κ3) is 9.93. The predicted octanol–water partition coefficient (Wildman–Crippen LogP) is 6.12. The number of methoxy groups -OCH3 is 1. The topological polar surface area (TPSA) is 96.0 Å². The second-order valence-corrected chi connectivity index (χ2v) is 13.8. The summed E-state index contributed by atoms with van der Waals surface area (Å²) in [5, 5.41) is 3.46. The summed E-state index contributed by atoms with van der Waals surface area (Å²) in [7, 11) is -2.23. The Bertz CT molecular complexity index is 1530. The van der Waals surface area contributed by atoms with E-state index in [4.69, 9.17) is 16.3 Å². The van der Waals surface area contributed by atoms with Crippen LogP contribution in [0.5, 0.6) is 5.75 Å². The highest BCUT2D eigenvalue weighted by molar-refractivity contribution is 7.92. The van der Waals surface area contributed by atoms with E-state index >= 15 is 0 Å². The summed E-state index contributed by atoms with van der Waals surface area (Å²) in [5.74, 6) is -0.518. The molecule has 3 aromatic carbocycles. The Morgan fingerprint density at radius 3 is 2.31 bits per heavy atom. The molecule has 1 atom stereocenters. The van der Waals surface area contributed by atoms with Gasteiger partial charge < -0.3 is 15.0 Å². The highest BCUT2D eigenvalue weighted by atomic mass is 35.5. The zero-order valence-corrected chi connectivity index (χ0v) is 27.3. The van der Waals surface area contributed by atoms with Crippen molar-refractivity contribution in [1.82, 2.24) is 10.2 Å². The third-order valence-electron chi connectivity index (χ3n) is 8.06. The van der Waals surface area contributed by atoms with Gasteiger partial charge in [-0.2, -0.15) is 0 Å². The molecule has 0 aromatic heterocycles. The Morgan fingerprint density at radius 2 is 1.69 bits per heavy atom. The number of nitrogens with zero attached hydrogens (tertiary/aromatic N) is 2. The second kappa shape index (κ2) is 16.1. The lowest BCUT2D eigenvalue weighted by molar-refractivity contribution is -0.141. The molecule has 8 nitrogen and oxygen atoms in total. The van der Waals surface area contributed by atoms with Crippen molar-refractivity contribution in [2.24, 2.45) is 0 Å². The van der Waals surface area contributed by atoms with Crippen LogP contribution in [0, 0.1) is 5.82 Å². The Morgan fingerprint density at radius 1 is 1.00 bits per heavy atom. The number of hydrogen-bond donors (Lipinski definition) is 1. The minimum absolute atomic E-state index is 0.0148. The van der Waals surface area contributed by atoms with Crippen LogP contribution in [0.3, 0.4) is 0 Å².